The second-order valence-corrected chi connectivity index (χ2v) is 5.40. The Morgan fingerprint density at radius 2 is 2.10 bits per heavy atom. The summed E-state index contributed by atoms with van der Waals surface area (Å²) in [5.74, 6) is 0.227. The molecule has 5 N–H and O–H groups in total. The van der Waals surface area contributed by atoms with Crippen molar-refractivity contribution in [1.82, 2.24) is 19.5 Å². The molecule has 0 aromatic carbocycles. The van der Waals surface area contributed by atoms with Gasteiger partial charge in [0.2, 0.25) is 0 Å². The number of nitrogens with two attached hydrogens (primary N) is 1. The van der Waals surface area contributed by atoms with E-state index in [0.717, 1.165) is 0 Å². The molecule has 3 rings (SSSR count). The molecule has 2 aromatic rings. The van der Waals surface area contributed by atoms with E-state index in [1.54, 1.807) is 0 Å². The standard InChI is InChI=1S/C10H12IN5O4/c11-10-14-7(12)4-8(15-10)16(2-13-4)9-6(19)5(18)3(1-17)20-9/h2-3,5-6,9,17-19H,1H2,(H2,12,14,15)/t3-,5+,6+,9-/m0/s1. The number of ether oxygens (including phenoxy) is 1. The molecule has 108 valence electrons. The second-order valence-electron chi connectivity index (χ2n) is 4.43. The van der Waals surface area contributed by atoms with Crippen molar-refractivity contribution in [2.24, 2.45) is 0 Å². The summed E-state index contributed by atoms with van der Waals surface area (Å²) in [4.78, 5) is 12.3. The molecule has 0 saturated carbocycles. The molecule has 0 aliphatic carbocycles. The summed E-state index contributed by atoms with van der Waals surface area (Å²) in [5.41, 5.74) is 6.55. The molecule has 1 aliphatic heterocycles. The van der Waals surface area contributed by atoms with Crippen LogP contribution in [-0.2, 0) is 4.74 Å². The number of halogens is 1. The van der Waals surface area contributed by atoms with Crippen molar-refractivity contribution in [3.8, 4) is 0 Å². The summed E-state index contributed by atoms with van der Waals surface area (Å²) >= 11 is 1.92. The van der Waals surface area contributed by atoms with Crippen molar-refractivity contribution < 1.29 is 20.1 Å². The van der Waals surface area contributed by atoms with Gasteiger partial charge in [0.25, 0.3) is 0 Å². The fraction of sp³-hybridized carbons (Fsp3) is 0.500. The van der Waals surface area contributed by atoms with Gasteiger partial charge < -0.3 is 25.8 Å². The van der Waals surface area contributed by atoms with E-state index in [1.165, 1.54) is 10.9 Å². The van der Waals surface area contributed by atoms with Crippen LogP contribution in [0.25, 0.3) is 11.2 Å². The first-order valence-corrected chi connectivity index (χ1v) is 6.88. The van der Waals surface area contributed by atoms with Crippen molar-refractivity contribution in [1.29, 1.82) is 0 Å². The number of aromatic nitrogens is 4. The average molecular weight is 393 g/mol. The predicted molar refractivity (Wildman–Crippen MR) is 75.5 cm³/mol. The molecule has 0 spiro atoms. The quantitative estimate of drug-likeness (QED) is 0.362. The van der Waals surface area contributed by atoms with Gasteiger partial charge in [-0.05, 0) is 0 Å². The number of rotatable bonds is 2. The van der Waals surface area contributed by atoms with Crippen LogP contribution < -0.4 is 5.73 Å². The molecule has 2 aromatic heterocycles. The van der Waals surface area contributed by atoms with Gasteiger partial charge in [-0.25, -0.2) is 15.0 Å². The molecule has 10 heteroatoms. The third kappa shape index (κ3) is 2.03. The minimum absolute atomic E-state index is 0.227. The van der Waals surface area contributed by atoms with Crippen LogP contribution in [-0.4, -0.2) is 59.8 Å². The zero-order chi connectivity index (χ0) is 14.4. The molecule has 0 bridgehead atoms. The summed E-state index contributed by atoms with van der Waals surface area (Å²) in [5, 5.41) is 28.9. The lowest BCUT2D eigenvalue weighted by molar-refractivity contribution is -0.0511. The van der Waals surface area contributed by atoms with Crippen molar-refractivity contribution in [3.05, 3.63) is 10.2 Å². The Balaban J connectivity index is 2.07. The van der Waals surface area contributed by atoms with Crippen LogP contribution in [0.2, 0.25) is 0 Å². The van der Waals surface area contributed by atoms with Gasteiger partial charge in [0.1, 0.15) is 23.8 Å². The number of hydrogen-bond acceptors (Lipinski definition) is 8. The van der Waals surface area contributed by atoms with Crippen LogP contribution in [0.3, 0.4) is 0 Å². The van der Waals surface area contributed by atoms with Crippen molar-refractivity contribution in [2.45, 2.75) is 24.5 Å². The first kappa shape index (κ1) is 13.9. The normalized spacial score (nSPS) is 30.2. The monoisotopic (exact) mass is 393 g/mol. The molecule has 0 radical (unpaired) electrons. The zero-order valence-corrected chi connectivity index (χ0v) is 12.2. The van der Waals surface area contributed by atoms with Crippen LogP contribution in [0, 0.1) is 3.83 Å². The Hall–Kier alpha value is -1.08. The summed E-state index contributed by atoms with van der Waals surface area (Å²) in [7, 11) is 0. The number of aliphatic hydroxyl groups is 3. The minimum atomic E-state index is -1.20. The summed E-state index contributed by atoms with van der Waals surface area (Å²) in [6.07, 6.45) is -2.71. The lowest BCUT2D eigenvalue weighted by Gasteiger charge is -2.16. The zero-order valence-electron chi connectivity index (χ0n) is 10.1. The maximum absolute atomic E-state index is 10.0. The largest absolute Gasteiger partial charge is 0.394 e. The van der Waals surface area contributed by atoms with Gasteiger partial charge >= 0.3 is 0 Å². The molecule has 0 amide bonds. The van der Waals surface area contributed by atoms with Gasteiger partial charge in [-0.3, -0.25) is 4.57 Å². The number of nitrogens with zero attached hydrogens (tertiary/aromatic N) is 4. The lowest BCUT2D eigenvalue weighted by atomic mass is 10.1. The molecular formula is C10H12IN5O4. The number of fused-ring (bicyclic) bond motifs is 1. The number of anilines is 1. The molecule has 9 nitrogen and oxygen atoms in total. The van der Waals surface area contributed by atoms with E-state index in [1.807, 2.05) is 22.6 Å². The lowest BCUT2D eigenvalue weighted by Crippen LogP contribution is -2.33. The van der Waals surface area contributed by atoms with Gasteiger partial charge in [0, 0.05) is 22.6 Å². The van der Waals surface area contributed by atoms with Crippen molar-refractivity contribution in [3.63, 3.8) is 0 Å². The summed E-state index contributed by atoms with van der Waals surface area (Å²) in [6.45, 7) is -0.393. The second kappa shape index (κ2) is 5.04. The first-order valence-electron chi connectivity index (χ1n) is 5.81. The van der Waals surface area contributed by atoms with Crippen LogP contribution in [0.1, 0.15) is 6.23 Å². The molecule has 1 aliphatic rings. The Bertz CT molecular complexity index is 650. The highest BCUT2D eigenvalue weighted by molar-refractivity contribution is 14.1. The fourth-order valence-corrected chi connectivity index (χ4v) is 2.70. The van der Waals surface area contributed by atoms with E-state index in [9.17, 15) is 10.2 Å². The van der Waals surface area contributed by atoms with Crippen LogP contribution in [0.4, 0.5) is 5.82 Å². The molecule has 1 fully saturated rings. The number of imidazole rings is 1. The SMILES string of the molecule is Nc1nc(I)nc2c1ncn2[C@H]1O[C@@H](CO)[C@@H](O)[C@H]1O. The number of aliphatic hydroxyl groups excluding tert-OH is 3. The average Bonchev–Trinajstić information content (AvgIpc) is 2.93. The Labute approximate surface area is 126 Å². The van der Waals surface area contributed by atoms with E-state index < -0.39 is 31.1 Å². The van der Waals surface area contributed by atoms with E-state index in [2.05, 4.69) is 15.0 Å². The van der Waals surface area contributed by atoms with Gasteiger partial charge in [-0.15, -0.1) is 0 Å². The van der Waals surface area contributed by atoms with Crippen molar-refractivity contribution >= 4 is 39.6 Å². The number of nitrogen functional groups attached to an aromatic ring is 1. The summed E-state index contributed by atoms with van der Waals surface area (Å²) in [6, 6.07) is 0. The molecule has 20 heavy (non-hydrogen) atoms. The predicted octanol–water partition coefficient (Wildman–Crippen LogP) is -1.38. The van der Waals surface area contributed by atoms with Gasteiger partial charge in [-0.1, -0.05) is 0 Å². The van der Waals surface area contributed by atoms with E-state index in [0.29, 0.717) is 15.0 Å². The third-order valence-corrected chi connectivity index (χ3v) is 3.69. The molecule has 3 heterocycles. The maximum Gasteiger partial charge on any atom is 0.194 e. The molecule has 4 atom stereocenters. The van der Waals surface area contributed by atoms with Crippen LogP contribution >= 0.6 is 22.6 Å². The van der Waals surface area contributed by atoms with Crippen LogP contribution in [0.5, 0.6) is 0 Å². The maximum atomic E-state index is 10.0. The van der Waals surface area contributed by atoms with Gasteiger partial charge in [0.15, 0.2) is 21.5 Å². The van der Waals surface area contributed by atoms with Gasteiger partial charge in [0.05, 0.1) is 12.9 Å². The highest BCUT2D eigenvalue weighted by Crippen LogP contribution is 2.31. The van der Waals surface area contributed by atoms with E-state index in [-0.39, 0.29) is 5.82 Å². The highest BCUT2D eigenvalue weighted by Gasteiger charge is 2.44. The van der Waals surface area contributed by atoms with Gasteiger partial charge in [-0.2, -0.15) is 0 Å². The Kier molecular flexibility index (Phi) is 3.50. The molecule has 0 unspecified atom stereocenters. The highest BCUT2D eigenvalue weighted by atomic mass is 127. The van der Waals surface area contributed by atoms with Crippen LogP contribution in [0.15, 0.2) is 6.33 Å². The van der Waals surface area contributed by atoms with E-state index in [4.69, 9.17) is 15.6 Å². The molecular weight excluding hydrogens is 381 g/mol. The topological polar surface area (TPSA) is 140 Å². The smallest absolute Gasteiger partial charge is 0.194 e. The Morgan fingerprint density at radius 3 is 2.75 bits per heavy atom. The number of hydrogen-bond donors (Lipinski definition) is 4. The summed E-state index contributed by atoms with van der Waals surface area (Å²) < 4.78 is 7.34. The Morgan fingerprint density at radius 1 is 1.35 bits per heavy atom. The van der Waals surface area contributed by atoms with Crippen molar-refractivity contribution in [2.75, 3.05) is 12.3 Å². The van der Waals surface area contributed by atoms with E-state index >= 15 is 0 Å². The minimum Gasteiger partial charge on any atom is -0.394 e. The molecule has 1 saturated heterocycles. The third-order valence-electron chi connectivity index (χ3n) is 3.21. The fourth-order valence-electron chi connectivity index (χ4n) is 2.21. The first-order chi connectivity index (χ1) is 9.52.